The summed E-state index contributed by atoms with van der Waals surface area (Å²) in [5.41, 5.74) is 1.60. The van der Waals surface area contributed by atoms with Gasteiger partial charge in [-0.2, -0.15) is 0 Å². The molecule has 1 atom stereocenters. The van der Waals surface area contributed by atoms with Crippen LogP contribution in [0.3, 0.4) is 0 Å². The number of carbonyl (C=O) groups is 1. The van der Waals surface area contributed by atoms with Gasteiger partial charge in [-0.1, -0.05) is 17.7 Å². The minimum Gasteiger partial charge on any atom is -0.366 e. The van der Waals surface area contributed by atoms with Crippen LogP contribution in [-0.2, 0) is 4.79 Å². The zero-order valence-corrected chi connectivity index (χ0v) is 15.6. The van der Waals surface area contributed by atoms with Gasteiger partial charge in [0.2, 0.25) is 5.91 Å². The van der Waals surface area contributed by atoms with Crippen molar-refractivity contribution in [1.29, 1.82) is 0 Å². The summed E-state index contributed by atoms with van der Waals surface area (Å²) >= 11 is 6.15. The molecule has 27 heavy (non-hydrogen) atoms. The molecule has 1 aromatic carbocycles. The molecule has 3 rings (SSSR count). The Hall–Kier alpha value is -2.71. The quantitative estimate of drug-likeness (QED) is 0.581. The maximum atomic E-state index is 12.3. The lowest BCUT2D eigenvalue weighted by Crippen LogP contribution is -2.33. The number of nitrogens with one attached hydrogen (secondary N) is 2. The number of carbonyl (C=O) groups excluding carboxylic acids is 1. The second-order valence-electron chi connectivity index (χ2n) is 6.56. The number of nitro groups is 1. The highest BCUT2D eigenvalue weighted by molar-refractivity contribution is 6.33. The summed E-state index contributed by atoms with van der Waals surface area (Å²) in [7, 11) is 0. The highest BCUT2D eigenvalue weighted by Crippen LogP contribution is 2.23. The van der Waals surface area contributed by atoms with Gasteiger partial charge in [0.1, 0.15) is 12.0 Å². The van der Waals surface area contributed by atoms with Gasteiger partial charge in [-0.3, -0.25) is 19.8 Å². The number of aromatic nitrogens is 1. The van der Waals surface area contributed by atoms with Crippen LogP contribution in [-0.4, -0.2) is 46.4 Å². The van der Waals surface area contributed by atoms with Crippen LogP contribution in [0, 0.1) is 17.0 Å². The van der Waals surface area contributed by atoms with E-state index in [9.17, 15) is 14.9 Å². The number of anilines is 2. The van der Waals surface area contributed by atoms with Gasteiger partial charge >= 0.3 is 0 Å². The number of benzene rings is 1. The zero-order valence-electron chi connectivity index (χ0n) is 14.8. The largest absolute Gasteiger partial charge is 0.366 e. The van der Waals surface area contributed by atoms with Gasteiger partial charge in [0, 0.05) is 25.2 Å². The molecule has 1 amide bonds. The summed E-state index contributed by atoms with van der Waals surface area (Å²) in [5, 5.41) is 17.3. The van der Waals surface area contributed by atoms with Gasteiger partial charge in [0.05, 0.1) is 22.2 Å². The molecule has 0 spiro atoms. The summed E-state index contributed by atoms with van der Waals surface area (Å²) in [5.74, 6) is 0.471. The molecule has 0 radical (unpaired) electrons. The van der Waals surface area contributed by atoms with Gasteiger partial charge in [0.15, 0.2) is 0 Å². The number of amides is 1. The Kier molecular flexibility index (Phi) is 5.88. The van der Waals surface area contributed by atoms with Gasteiger partial charge in [-0.25, -0.2) is 4.98 Å². The summed E-state index contributed by atoms with van der Waals surface area (Å²) < 4.78 is 0. The summed E-state index contributed by atoms with van der Waals surface area (Å²) in [6.07, 6.45) is 2.09. The van der Waals surface area contributed by atoms with Gasteiger partial charge in [-0.05, 0) is 37.1 Å². The smallest absolute Gasteiger partial charge is 0.287 e. The number of nitrogens with zero attached hydrogens (tertiary/aromatic N) is 3. The van der Waals surface area contributed by atoms with Crippen molar-refractivity contribution in [2.24, 2.45) is 0 Å². The van der Waals surface area contributed by atoms with Crippen molar-refractivity contribution >= 4 is 34.7 Å². The molecule has 2 aromatic rings. The first-order valence-corrected chi connectivity index (χ1v) is 8.94. The molecule has 1 aromatic heterocycles. The standard InChI is InChI=1S/C18H20ClN5O3/c1-12-2-4-16(15(19)8-12)22-18(25)11-23-7-6-13(10-23)21-17-5-3-14(9-20-17)24(26)27/h2-5,8-9,13H,6-7,10-11H2,1H3,(H,20,21)(H,22,25). The lowest BCUT2D eigenvalue weighted by Gasteiger charge is -2.17. The van der Waals surface area contributed by atoms with Crippen molar-refractivity contribution in [3.05, 3.63) is 57.2 Å². The van der Waals surface area contributed by atoms with Crippen LogP contribution < -0.4 is 10.6 Å². The first-order valence-electron chi connectivity index (χ1n) is 8.56. The van der Waals surface area contributed by atoms with E-state index in [-0.39, 0.29) is 24.2 Å². The number of rotatable bonds is 6. The van der Waals surface area contributed by atoms with Crippen LogP contribution in [0.1, 0.15) is 12.0 Å². The fourth-order valence-electron chi connectivity index (χ4n) is 3.00. The van der Waals surface area contributed by atoms with Gasteiger partial charge in [-0.15, -0.1) is 0 Å². The third kappa shape index (κ3) is 5.15. The van der Waals surface area contributed by atoms with Crippen molar-refractivity contribution in [1.82, 2.24) is 9.88 Å². The van der Waals surface area contributed by atoms with E-state index in [1.165, 1.54) is 12.3 Å². The Morgan fingerprint density at radius 1 is 1.41 bits per heavy atom. The molecule has 0 bridgehead atoms. The minimum atomic E-state index is -0.479. The molecule has 0 aliphatic carbocycles. The highest BCUT2D eigenvalue weighted by Gasteiger charge is 2.24. The Balaban J connectivity index is 1.49. The Morgan fingerprint density at radius 2 is 2.22 bits per heavy atom. The van der Waals surface area contributed by atoms with E-state index in [0.29, 0.717) is 23.1 Å². The zero-order chi connectivity index (χ0) is 19.4. The molecule has 8 nitrogen and oxygen atoms in total. The summed E-state index contributed by atoms with van der Waals surface area (Å²) in [6.45, 7) is 3.68. The van der Waals surface area contributed by atoms with Crippen LogP contribution in [0.5, 0.6) is 0 Å². The minimum absolute atomic E-state index is 0.0416. The van der Waals surface area contributed by atoms with E-state index >= 15 is 0 Å². The molecular weight excluding hydrogens is 370 g/mol. The third-order valence-corrected chi connectivity index (χ3v) is 4.66. The Labute approximate surface area is 161 Å². The topological polar surface area (TPSA) is 100 Å². The maximum absolute atomic E-state index is 12.3. The van der Waals surface area contributed by atoms with Crippen LogP contribution in [0.2, 0.25) is 5.02 Å². The molecule has 1 saturated heterocycles. The first-order chi connectivity index (χ1) is 12.9. The molecule has 1 aliphatic heterocycles. The Morgan fingerprint density at radius 3 is 2.89 bits per heavy atom. The summed E-state index contributed by atoms with van der Waals surface area (Å²) in [4.78, 5) is 28.5. The normalized spacial score (nSPS) is 16.9. The molecule has 9 heteroatoms. The third-order valence-electron chi connectivity index (χ3n) is 4.35. The fourth-order valence-corrected chi connectivity index (χ4v) is 3.28. The van der Waals surface area contributed by atoms with Crippen molar-refractivity contribution in [2.45, 2.75) is 19.4 Å². The van der Waals surface area contributed by atoms with Crippen LogP contribution in [0.4, 0.5) is 17.2 Å². The molecule has 142 valence electrons. The van der Waals surface area contributed by atoms with E-state index in [0.717, 1.165) is 18.5 Å². The average molecular weight is 390 g/mol. The van der Waals surface area contributed by atoms with Gasteiger partial charge < -0.3 is 10.6 Å². The van der Waals surface area contributed by atoms with E-state index in [4.69, 9.17) is 11.6 Å². The SMILES string of the molecule is Cc1ccc(NC(=O)CN2CCC(Nc3ccc([N+](=O)[O-])cn3)C2)c(Cl)c1. The molecule has 1 fully saturated rings. The molecule has 2 heterocycles. The van der Waals surface area contributed by atoms with Crippen molar-refractivity contribution in [2.75, 3.05) is 30.3 Å². The Bertz CT molecular complexity index is 843. The number of hydrogen-bond donors (Lipinski definition) is 2. The van der Waals surface area contributed by atoms with Crippen molar-refractivity contribution in [3.63, 3.8) is 0 Å². The van der Waals surface area contributed by atoms with E-state index in [2.05, 4.69) is 15.6 Å². The second-order valence-corrected chi connectivity index (χ2v) is 6.96. The van der Waals surface area contributed by atoms with E-state index in [1.807, 2.05) is 24.0 Å². The number of likely N-dealkylation sites (tertiary alicyclic amines) is 1. The second kappa shape index (κ2) is 8.32. The maximum Gasteiger partial charge on any atom is 0.287 e. The molecule has 1 aliphatic rings. The lowest BCUT2D eigenvalue weighted by atomic mass is 10.2. The molecule has 1 unspecified atom stereocenters. The predicted octanol–water partition coefficient (Wildman–Crippen LogP) is 3.08. The van der Waals surface area contributed by atoms with Crippen LogP contribution in [0.15, 0.2) is 36.5 Å². The van der Waals surface area contributed by atoms with Crippen LogP contribution in [0.25, 0.3) is 0 Å². The van der Waals surface area contributed by atoms with E-state index in [1.54, 1.807) is 12.1 Å². The lowest BCUT2D eigenvalue weighted by molar-refractivity contribution is -0.385. The van der Waals surface area contributed by atoms with Crippen molar-refractivity contribution in [3.8, 4) is 0 Å². The first kappa shape index (κ1) is 19.1. The number of pyridine rings is 1. The number of halogens is 1. The van der Waals surface area contributed by atoms with Crippen LogP contribution >= 0.6 is 11.6 Å². The predicted molar refractivity (Wildman–Crippen MR) is 104 cm³/mol. The monoisotopic (exact) mass is 389 g/mol. The van der Waals surface area contributed by atoms with Gasteiger partial charge in [0.25, 0.3) is 5.69 Å². The summed E-state index contributed by atoms with van der Waals surface area (Å²) in [6, 6.07) is 8.64. The van der Waals surface area contributed by atoms with Crippen molar-refractivity contribution < 1.29 is 9.72 Å². The highest BCUT2D eigenvalue weighted by atomic mass is 35.5. The fraction of sp³-hybridized carbons (Fsp3) is 0.333. The number of hydrogen-bond acceptors (Lipinski definition) is 6. The van der Waals surface area contributed by atoms with E-state index < -0.39 is 4.92 Å². The molecular formula is C18H20ClN5O3. The number of aryl methyl sites for hydroxylation is 1. The molecule has 0 saturated carbocycles. The molecule has 2 N–H and O–H groups in total. The average Bonchev–Trinajstić information content (AvgIpc) is 3.04.